The predicted molar refractivity (Wildman–Crippen MR) is 94.0 cm³/mol. The van der Waals surface area contributed by atoms with Gasteiger partial charge in [0.05, 0.1) is 5.69 Å². The van der Waals surface area contributed by atoms with Crippen LogP contribution in [0.4, 0.5) is 0 Å². The second-order valence-corrected chi connectivity index (χ2v) is 5.71. The number of benzene rings is 1. The summed E-state index contributed by atoms with van der Waals surface area (Å²) in [7, 11) is 0. The van der Waals surface area contributed by atoms with Crippen molar-refractivity contribution in [1.29, 1.82) is 0 Å². The predicted octanol–water partition coefficient (Wildman–Crippen LogP) is 3.12. The number of carboxylic acids is 1. The first-order chi connectivity index (χ1) is 12.0. The van der Waals surface area contributed by atoms with Crippen molar-refractivity contribution in [3.63, 3.8) is 0 Å². The maximum atomic E-state index is 12.0. The lowest BCUT2D eigenvalue weighted by Gasteiger charge is -2.13. The Morgan fingerprint density at radius 3 is 2.72 bits per heavy atom. The second-order valence-electron chi connectivity index (χ2n) is 5.71. The number of hydrogen-bond donors (Lipinski definition) is 2. The SMILES string of the molecule is C=CCCC(NC(=O)CCc1nc(C)c(-c2ccccc2)o1)C(=O)O. The molecule has 0 aliphatic rings. The molecule has 0 aliphatic heterocycles. The Bertz CT molecular complexity index is 737. The van der Waals surface area contributed by atoms with E-state index in [1.807, 2.05) is 37.3 Å². The van der Waals surface area contributed by atoms with Crippen LogP contribution in [0.5, 0.6) is 0 Å². The molecular formula is C19H22N2O4. The summed E-state index contributed by atoms with van der Waals surface area (Å²) in [5.74, 6) is -0.239. The Labute approximate surface area is 146 Å². The number of nitrogens with zero attached hydrogens (tertiary/aromatic N) is 1. The van der Waals surface area contributed by atoms with Crippen LogP contribution >= 0.6 is 0 Å². The number of hydrogen-bond acceptors (Lipinski definition) is 4. The van der Waals surface area contributed by atoms with Crippen LogP contribution in [-0.4, -0.2) is 28.0 Å². The van der Waals surface area contributed by atoms with E-state index in [4.69, 9.17) is 9.52 Å². The first kappa shape index (κ1) is 18.4. The number of carbonyl (C=O) groups excluding carboxylic acids is 1. The van der Waals surface area contributed by atoms with E-state index in [0.29, 0.717) is 30.9 Å². The van der Waals surface area contributed by atoms with Gasteiger partial charge in [0.1, 0.15) is 6.04 Å². The number of carboxylic acid groups (broad SMARTS) is 1. The number of aryl methyl sites for hydroxylation is 2. The zero-order valence-electron chi connectivity index (χ0n) is 14.2. The second kappa shape index (κ2) is 8.82. The fourth-order valence-electron chi connectivity index (χ4n) is 2.45. The van der Waals surface area contributed by atoms with Gasteiger partial charge in [0.2, 0.25) is 5.91 Å². The van der Waals surface area contributed by atoms with Gasteiger partial charge in [0.15, 0.2) is 11.7 Å². The molecule has 1 aromatic carbocycles. The number of amides is 1. The fraction of sp³-hybridized carbons (Fsp3) is 0.316. The Hall–Kier alpha value is -2.89. The highest BCUT2D eigenvalue weighted by molar-refractivity contribution is 5.83. The third-order valence-electron chi connectivity index (χ3n) is 3.74. The molecule has 6 heteroatoms. The average Bonchev–Trinajstić information content (AvgIpc) is 2.98. The topological polar surface area (TPSA) is 92.4 Å². The number of carbonyl (C=O) groups is 2. The molecule has 0 bridgehead atoms. The summed E-state index contributed by atoms with van der Waals surface area (Å²) in [6.07, 6.45) is 2.90. The maximum Gasteiger partial charge on any atom is 0.326 e. The molecule has 1 aromatic heterocycles. The minimum Gasteiger partial charge on any atom is -0.480 e. The van der Waals surface area contributed by atoms with E-state index in [0.717, 1.165) is 11.3 Å². The highest BCUT2D eigenvalue weighted by Gasteiger charge is 2.19. The Balaban J connectivity index is 1.94. The summed E-state index contributed by atoms with van der Waals surface area (Å²) in [6, 6.07) is 8.71. The van der Waals surface area contributed by atoms with Crippen LogP contribution in [0, 0.1) is 6.92 Å². The van der Waals surface area contributed by atoms with Crippen LogP contribution in [0.2, 0.25) is 0 Å². The fourth-order valence-corrected chi connectivity index (χ4v) is 2.45. The minimum absolute atomic E-state index is 0.117. The van der Waals surface area contributed by atoms with Crippen LogP contribution in [0.25, 0.3) is 11.3 Å². The van der Waals surface area contributed by atoms with Crippen molar-refractivity contribution in [2.75, 3.05) is 0 Å². The first-order valence-corrected chi connectivity index (χ1v) is 8.16. The van der Waals surface area contributed by atoms with Gasteiger partial charge in [-0.1, -0.05) is 36.4 Å². The van der Waals surface area contributed by atoms with Gasteiger partial charge >= 0.3 is 5.97 Å². The van der Waals surface area contributed by atoms with Crippen molar-refractivity contribution in [3.8, 4) is 11.3 Å². The minimum atomic E-state index is -1.05. The first-order valence-electron chi connectivity index (χ1n) is 8.16. The molecule has 2 N–H and O–H groups in total. The van der Waals surface area contributed by atoms with Gasteiger partial charge in [-0.15, -0.1) is 6.58 Å². The molecule has 0 spiro atoms. The number of nitrogens with one attached hydrogen (secondary N) is 1. The van der Waals surface area contributed by atoms with Gasteiger partial charge in [-0.3, -0.25) is 4.79 Å². The summed E-state index contributed by atoms with van der Waals surface area (Å²) in [4.78, 5) is 27.5. The van der Waals surface area contributed by atoms with E-state index in [1.165, 1.54) is 0 Å². The van der Waals surface area contributed by atoms with Crippen molar-refractivity contribution in [3.05, 3.63) is 54.6 Å². The number of aliphatic carboxylic acids is 1. The average molecular weight is 342 g/mol. The molecule has 25 heavy (non-hydrogen) atoms. The van der Waals surface area contributed by atoms with Gasteiger partial charge in [-0.25, -0.2) is 9.78 Å². The van der Waals surface area contributed by atoms with Gasteiger partial charge in [0.25, 0.3) is 0 Å². The summed E-state index contributed by atoms with van der Waals surface area (Å²) < 4.78 is 5.75. The summed E-state index contributed by atoms with van der Waals surface area (Å²) in [5.41, 5.74) is 1.69. The smallest absolute Gasteiger partial charge is 0.326 e. The molecule has 132 valence electrons. The van der Waals surface area contributed by atoms with Crippen LogP contribution in [0.1, 0.15) is 30.8 Å². The Morgan fingerprint density at radius 2 is 2.08 bits per heavy atom. The van der Waals surface area contributed by atoms with Gasteiger partial charge in [-0.05, 0) is 19.8 Å². The van der Waals surface area contributed by atoms with Gasteiger partial charge in [-0.2, -0.15) is 0 Å². The molecule has 1 amide bonds. The molecule has 0 saturated heterocycles. The van der Waals surface area contributed by atoms with Crippen molar-refractivity contribution in [2.24, 2.45) is 0 Å². The summed E-state index contributed by atoms with van der Waals surface area (Å²) in [6.45, 7) is 5.41. The molecule has 2 aromatic rings. The largest absolute Gasteiger partial charge is 0.480 e. The standard InChI is InChI=1S/C19H22N2O4/c1-3-4-10-15(19(23)24)21-16(22)11-12-17-20-13(2)18(25-17)14-8-6-5-7-9-14/h3,5-9,15H,1,4,10-12H2,2H3,(H,21,22)(H,23,24). The molecule has 1 heterocycles. The molecular weight excluding hydrogens is 320 g/mol. The Morgan fingerprint density at radius 1 is 1.36 bits per heavy atom. The quantitative estimate of drug-likeness (QED) is 0.683. The number of oxazole rings is 1. The highest BCUT2D eigenvalue weighted by atomic mass is 16.4. The molecule has 1 atom stereocenters. The zero-order chi connectivity index (χ0) is 18.2. The number of aromatic nitrogens is 1. The normalized spacial score (nSPS) is 11.7. The van der Waals surface area contributed by atoms with E-state index < -0.39 is 12.0 Å². The van der Waals surface area contributed by atoms with Crippen molar-refractivity contribution in [2.45, 2.75) is 38.6 Å². The molecule has 0 radical (unpaired) electrons. The number of rotatable bonds is 9. The van der Waals surface area contributed by atoms with Crippen LogP contribution in [0.15, 0.2) is 47.4 Å². The van der Waals surface area contributed by atoms with Crippen molar-refractivity contribution >= 4 is 11.9 Å². The van der Waals surface area contributed by atoms with Crippen LogP contribution < -0.4 is 5.32 Å². The van der Waals surface area contributed by atoms with Gasteiger partial charge in [0, 0.05) is 18.4 Å². The van der Waals surface area contributed by atoms with E-state index >= 15 is 0 Å². The lowest BCUT2D eigenvalue weighted by atomic mass is 10.1. The molecule has 0 aliphatic carbocycles. The molecule has 0 saturated carbocycles. The van der Waals surface area contributed by atoms with E-state index in [9.17, 15) is 9.59 Å². The lowest BCUT2D eigenvalue weighted by molar-refractivity contribution is -0.142. The monoisotopic (exact) mass is 342 g/mol. The Kier molecular flexibility index (Phi) is 6.51. The third-order valence-corrected chi connectivity index (χ3v) is 3.74. The summed E-state index contributed by atoms with van der Waals surface area (Å²) >= 11 is 0. The van der Waals surface area contributed by atoms with Gasteiger partial charge < -0.3 is 14.8 Å². The molecule has 1 unspecified atom stereocenters. The summed E-state index contributed by atoms with van der Waals surface area (Å²) in [5, 5.41) is 11.6. The van der Waals surface area contributed by atoms with E-state index in [2.05, 4.69) is 16.9 Å². The molecule has 0 fully saturated rings. The van der Waals surface area contributed by atoms with Crippen molar-refractivity contribution < 1.29 is 19.1 Å². The van der Waals surface area contributed by atoms with Crippen molar-refractivity contribution in [1.82, 2.24) is 10.3 Å². The maximum absolute atomic E-state index is 12.0. The lowest BCUT2D eigenvalue weighted by Crippen LogP contribution is -2.40. The van der Waals surface area contributed by atoms with E-state index in [1.54, 1.807) is 6.08 Å². The zero-order valence-corrected chi connectivity index (χ0v) is 14.2. The molecule has 6 nitrogen and oxygen atoms in total. The highest BCUT2D eigenvalue weighted by Crippen LogP contribution is 2.24. The van der Waals surface area contributed by atoms with Crippen LogP contribution in [-0.2, 0) is 16.0 Å². The third kappa shape index (κ3) is 5.31. The van der Waals surface area contributed by atoms with E-state index in [-0.39, 0.29) is 12.3 Å². The molecule has 2 rings (SSSR count). The number of allylic oxidation sites excluding steroid dienone is 1. The van der Waals surface area contributed by atoms with Crippen LogP contribution in [0.3, 0.4) is 0 Å².